The first-order chi connectivity index (χ1) is 15.2. The van der Waals surface area contributed by atoms with Gasteiger partial charge in [0.05, 0.1) is 25.6 Å². The Morgan fingerprint density at radius 1 is 0.871 bits per heavy atom. The van der Waals surface area contributed by atoms with Crippen molar-refractivity contribution >= 4 is 29.2 Å². The topological polar surface area (TPSA) is 43.3 Å². The van der Waals surface area contributed by atoms with Crippen LogP contribution in [0.15, 0.2) is 65.7 Å². The summed E-state index contributed by atoms with van der Waals surface area (Å²) in [6, 6.07) is 18.9. The van der Waals surface area contributed by atoms with Crippen LogP contribution < -0.4 is 19.1 Å². The molecule has 0 radical (unpaired) electrons. The Kier molecular flexibility index (Phi) is 6.63. The van der Waals surface area contributed by atoms with Crippen molar-refractivity contribution < 1.29 is 14.2 Å². The highest BCUT2D eigenvalue weighted by molar-refractivity contribution is 6.30. The molecule has 0 atom stereocenters. The van der Waals surface area contributed by atoms with Gasteiger partial charge in [-0.3, -0.25) is 4.99 Å². The van der Waals surface area contributed by atoms with E-state index in [1.54, 1.807) is 26.5 Å². The quantitative estimate of drug-likeness (QED) is 0.396. The van der Waals surface area contributed by atoms with Gasteiger partial charge in [-0.2, -0.15) is 0 Å². The van der Waals surface area contributed by atoms with E-state index in [2.05, 4.69) is 9.89 Å². The van der Waals surface area contributed by atoms with Gasteiger partial charge in [0.2, 0.25) is 0 Å². The van der Waals surface area contributed by atoms with Gasteiger partial charge in [0.1, 0.15) is 23.0 Å². The molecule has 0 amide bonds. The minimum absolute atomic E-state index is 0.638. The van der Waals surface area contributed by atoms with Crippen molar-refractivity contribution in [2.75, 3.05) is 32.2 Å². The molecule has 1 aliphatic rings. The van der Waals surface area contributed by atoms with E-state index in [9.17, 15) is 0 Å². The molecular formula is C25H25ClN2O3. The number of hydrogen-bond donors (Lipinski definition) is 0. The standard InChI is InChI=1S/C25H25ClN2O3/c1-29-24-16-23(28-12-3-4-13-28)25(30-2)14-18(24)17-27-20-8-10-21(11-9-20)31-22-7-5-6-19(26)15-22/h5-11,14-17H,3-4,12-13H2,1-2H3. The molecule has 1 fully saturated rings. The Morgan fingerprint density at radius 2 is 1.61 bits per heavy atom. The normalized spacial score (nSPS) is 13.6. The summed E-state index contributed by atoms with van der Waals surface area (Å²) < 4.78 is 17.1. The molecule has 0 saturated carbocycles. The minimum Gasteiger partial charge on any atom is -0.496 e. The molecular weight excluding hydrogens is 412 g/mol. The van der Waals surface area contributed by atoms with Gasteiger partial charge < -0.3 is 19.1 Å². The lowest BCUT2D eigenvalue weighted by Crippen LogP contribution is -2.18. The third kappa shape index (κ3) is 5.12. The Labute approximate surface area is 187 Å². The highest BCUT2D eigenvalue weighted by atomic mass is 35.5. The monoisotopic (exact) mass is 436 g/mol. The van der Waals surface area contributed by atoms with E-state index in [1.807, 2.05) is 54.6 Å². The number of anilines is 1. The van der Waals surface area contributed by atoms with Crippen molar-refractivity contribution in [2.45, 2.75) is 12.8 Å². The Morgan fingerprint density at radius 3 is 2.29 bits per heavy atom. The number of halogens is 1. The van der Waals surface area contributed by atoms with Crippen molar-refractivity contribution in [1.82, 2.24) is 0 Å². The molecule has 3 aromatic rings. The van der Waals surface area contributed by atoms with Crippen molar-refractivity contribution in [2.24, 2.45) is 4.99 Å². The maximum atomic E-state index is 6.01. The van der Waals surface area contributed by atoms with Crippen LogP contribution in [0.25, 0.3) is 0 Å². The Bertz CT molecular complexity index is 1060. The lowest BCUT2D eigenvalue weighted by molar-refractivity contribution is 0.402. The molecule has 0 bridgehead atoms. The fourth-order valence-corrected chi connectivity index (χ4v) is 3.80. The van der Waals surface area contributed by atoms with E-state index < -0.39 is 0 Å². The second-order valence-corrected chi connectivity index (χ2v) is 7.71. The van der Waals surface area contributed by atoms with Crippen molar-refractivity contribution in [3.8, 4) is 23.0 Å². The number of ether oxygens (including phenoxy) is 3. The molecule has 31 heavy (non-hydrogen) atoms. The molecule has 1 heterocycles. The number of nitrogens with zero attached hydrogens (tertiary/aromatic N) is 2. The number of methoxy groups -OCH3 is 2. The molecule has 1 saturated heterocycles. The summed E-state index contributed by atoms with van der Waals surface area (Å²) in [7, 11) is 3.37. The SMILES string of the molecule is COc1cc(N2CCCC2)c(OC)cc1C=Nc1ccc(Oc2cccc(Cl)c2)cc1. The van der Waals surface area contributed by atoms with Gasteiger partial charge in [-0.1, -0.05) is 17.7 Å². The fourth-order valence-electron chi connectivity index (χ4n) is 3.62. The molecule has 0 N–H and O–H groups in total. The van der Waals surface area contributed by atoms with Gasteiger partial charge in [-0.15, -0.1) is 0 Å². The summed E-state index contributed by atoms with van der Waals surface area (Å²) >= 11 is 6.01. The first-order valence-corrected chi connectivity index (χ1v) is 10.6. The van der Waals surface area contributed by atoms with Crippen molar-refractivity contribution in [3.63, 3.8) is 0 Å². The summed E-state index contributed by atoms with van der Waals surface area (Å²) in [6.45, 7) is 2.08. The van der Waals surface area contributed by atoms with Crippen LogP contribution >= 0.6 is 11.6 Å². The number of benzene rings is 3. The second kappa shape index (κ2) is 9.75. The zero-order chi connectivity index (χ0) is 21.6. The highest BCUT2D eigenvalue weighted by Crippen LogP contribution is 2.36. The summed E-state index contributed by atoms with van der Waals surface area (Å²) in [5, 5.41) is 0.638. The summed E-state index contributed by atoms with van der Waals surface area (Å²) in [6.07, 6.45) is 4.19. The lowest BCUT2D eigenvalue weighted by atomic mass is 10.1. The zero-order valence-electron chi connectivity index (χ0n) is 17.7. The van der Waals surface area contributed by atoms with E-state index >= 15 is 0 Å². The molecule has 3 aromatic carbocycles. The number of rotatable bonds is 7. The van der Waals surface area contributed by atoms with Crippen LogP contribution in [0, 0.1) is 0 Å². The molecule has 0 aromatic heterocycles. The minimum atomic E-state index is 0.638. The second-order valence-electron chi connectivity index (χ2n) is 7.27. The van der Waals surface area contributed by atoms with Gasteiger partial charge in [0.25, 0.3) is 0 Å². The van der Waals surface area contributed by atoms with Crippen LogP contribution in [-0.4, -0.2) is 33.5 Å². The molecule has 0 unspecified atom stereocenters. The number of aliphatic imine (C=N–C) groups is 1. The average molecular weight is 437 g/mol. The largest absolute Gasteiger partial charge is 0.496 e. The highest BCUT2D eigenvalue weighted by Gasteiger charge is 2.19. The van der Waals surface area contributed by atoms with Gasteiger partial charge in [-0.05, 0) is 61.4 Å². The smallest absolute Gasteiger partial charge is 0.143 e. The summed E-state index contributed by atoms with van der Waals surface area (Å²) in [4.78, 5) is 6.93. The Hall–Kier alpha value is -3.18. The predicted octanol–water partition coefficient (Wildman–Crippen LogP) is 6.50. The van der Waals surface area contributed by atoms with E-state index in [-0.39, 0.29) is 0 Å². The van der Waals surface area contributed by atoms with Crippen LogP contribution in [0.3, 0.4) is 0 Å². The number of hydrogen-bond acceptors (Lipinski definition) is 5. The molecule has 160 valence electrons. The van der Waals surface area contributed by atoms with E-state index in [1.165, 1.54) is 12.8 Å². The molecule has 0 spiro atoms. The average Bonchev–Trinajstić information content (AvgIpc) is 3.33. The predicted molar refractivity (Wildman–Crippen MR) is 126 cm³/mol. The molecule has 5 nitrogen and oxygen atoms in total. The molecule has 4 rings (SSSR count). The van der Waals surface area contributed by atoms with E-state index in [4.69, 9.17) is 25.8 Å². The maximum Gasteiger partial charge on any atom is 0.143 e. The van der Waals surface area contributed by atoms with Crippen LogP contribution in [0.1, 0.15) is 18.4 Å². The van der Waals surface area contributed by atoms with Crippen LogP contribution in [0.2, 0.25) is 5.02 Å². The van der Waals surface area contributed by atoms with Crippen molar-refractivity contribution in [1.29, 1.82) is 0 Å². The fraction of sp³-hybridized carbons (Fsp3) is 0.240. The van der Waals surface area contributed by atoms with E-state index in [0.717, 1.165) is 47.3 Å². The van der Waals surface area contributed by atoms with Crippen LogP contribution in [0.4, 0.5) is 11.4 Å². The maximum absolute atomic E-state index is 6.01. The van der Waals surface area contributed by atoms with Crippen LogP contribution in [0.5, 0.6) is 23.0 Å². The van der Waals surface area contributed by atoms with Gasteiger partial charge >= 0.3 is 0 Å². The van der Waals surface area contributed by atoms with E-state index in [0.29, 0.717) is 10.8 Å². The first kappa shape index (κ1) is 21.1. The Balaban J connectivity index is 1.52. The summed E-state index contributed by atoms with van der Waals surface area (Å²) in [5.41, 5.74) is 2.74. The third-order valence-electron chi connectivity index (χ3n) is 5.20. The molecule has 0 aliphatic carbocycles. The zero-order valence-corrected chi connectivity index (χ0v) is 18.4. The van der Waals surface area contributed by atoms with Gasteiger partial charge in [0.15, 0.2) is 0 Å². The summed E-state index contributed by atoms with van der Waals surface area (Å²) in [5.74, 6) is 3.01. The third-order valence-corrected chi connectivity index (χ3v) is 5.43. The van der Waals surface area contributed by atoms with Crippen LogP contribution in [-0.2, 0) is 0 Å². The lowest BCUT2D eigenvalue weighted by Gasteiger charge is -2.22. The van der Waals surface area contributed by atoms with Crippen molar-refractivity contribution in [3.05, 3.63) is 71.2 Å². The molecule has 6 heteroatoms. The van der Waals surface area contributed by atoms with Gasteiger partial charge in [0, 0.05) is 36.0 Å². The first-order valence-electron chi connectivity index (χ1n) is 10.2. The molecule has 1 aliphatic heterocycles. The van der Waals surface area contributed by atoms with Gasteiger partial charge in [-0.25, -0.2) is 0 Å².